The van der Waals surface area contributed by atoms with Crippen LogP contribution in [0.3, 0.4) is 0 Å². The third-order valence-corrected chi connectivity index (χ3v) is 5.02. The minimum absolute atomic E-state index is 0.162. The third kappa shape index (κ3) is 4.87. The topological polar surface area (TPSA) is 93.8 Å². The predicted octanol–water partition coefficient (Wildman–Crippen LogP) is -0.117. The maximum absolute atomic E-state index is 11.9. The van der Waals surface area contributed by atoms with Crippen LogP contribution in [0.2, 0.25) is 0 Å². The highest BCUT2D eigenvalue weighted by atomic mass is 16.5. The van der Waals surface area contributed by atoms with Gasteiger partial charge in [0.05, 0.1) is 13.0 Å². The van der Waals surface area contributed by atoms with E-state index >= 15 is 0 Å². The van der Waals surface area contributed by atoms with E-state index < -0.39 is 0 Å². The fraction of sp³-hybridized carbons (Fsp3) is 0.706. The van der Waals surface area contributed by atoms with Crippen molar-refractivity contribution >= 4 is 5.91 Å². The molecule has 0 saturated carbocycles. The number of nitrogens with zero attached hydrogens (tertiary/aromatic N) is 4. The van der Waals surface area contributed by atoms with E-state index in [1.54, 1.807) is 19.5 Å². The number of hydrogen-bond acceptors (Lipinski definition) is 7. The number of nitrogens with two attached hydrogens (primary N) is 1. The quantitative estimate of drug-likeness (QED) is 0.792. The second-order valence-corrected chi connectivity index (χ2v) is 6.75. The van der Waals surface area contributed by atoms with Gasteiger partial charge in [0.1, 0.15) is 0 Å². The molecule has 1 aromatic heterocycles. The van der Waals surface area contributed by atoms with Crippen molar-refractivity contribution in [3.63, 3.8) is 0 Å². The Balaban J connectivity index is 1.65. The normalized spacial score (nSPS) is 24.0. The smallest absolute Gasteiger partial charge is 0.316 e. The van der Waals surface area contributed by atoms with Crippen molar-refractivity contribution in [1.29, 1.82) is 0 Å². The summed E-state index contributed by atoms with van der Waals surface area (Å²) in [6, 6.07) is 0.847. The van der Waals surface area contributed by atoms with Gasteiger partial charge in [0.15, 0.2) is 0 Å². The summed E-state index contributed by atoms with van der Waals surface area (Å²) >= 11 is 0. The monoisotopic (exact) mass is 349 g/mol. The standard InChI is InChI=1S/C17H27N5O3/c1-24-17-19-8-13(9-20-17)10-21-4-5-22(12-14(11-21)16(18)23)15-2-6-25-7-3-15/h8-9,14-15H,2-7,10-12H2,1H3,(H2,18,23). The Hall–Kier alpha value is -1.77. The van der Waals surface area contributed by atoms with E-state index in [-0.39, 0.29) is 11.8 Å². The van der Waals surface area contributed by atoms with Gasteiger partial charge in [-0.1, -0.05) is 0 Å². The van der Waals surface area contributed by atoms with Gasteiger partial charge in [0.25, 0.3) is 0 Å². The van der Waals surface area contributed by atoms with Crippen LogP contribution in [0.15, 0.2) is 12.4 Å². The van der Waals surface area contributed by atoms with Gasteiger partial charge in [-0.25, -0.2) is 9.97 Å². The number of carbonyl (C=O) groups excluding carboxylic acids is 1. The molecule has 2 saturated heterocycles. The molecular weight excluding hydrogens is 322 g/mol. The Kier molecular flexibility index (Phi) is 6.17. The molecule has 0 aromatic carbocycles. The van der Waals surface area contributed by atoms with E-state index in [2.05, 4.69) is 19.8 Å². The van der Waals surface area contributed by atoms with Crippen LogP contribution in [0.4, 0.5) is 0 Å². The molecule has 138 valence electrons. The Morgan fingerprint density at radius 1 is 1.28 bits per heavy atom. The van der Waals surface area contributed by atoms with Crippen molar-refractivity contribution in [2.24, 2.45) is 11.7 Å². The number of carbonyl (C=O) groups is 1. The van der Waals surface area contributed by atoms with E-state index in [0.29, 0.717) is 25.1 Å². The summed E-state index contributed by atoms with van der Waals surface area (Å²) in [5, 5.41) is 0. The number of rotatable bonds is 5. The Morgan fingerprint density at radius 3 is 2.64 bits per heavy atom. The highest BCUT2D eigenvalue weighted by Crippen LogP contribution is 2.20. The number of hydrogen-bond donors (Lipinski definition) is 1. The highest BCUT2D eigenvalue weighted by Gasteiger charge is 2.30. The van der Waals surface area contributed by atoms with Crippen LogP contribution < -0.4 is 10.5 Å². The van der Waals surface area contributed by atoms with Gasteiger partial charge in [-0.3, -0.25) is 14.6 Å². The van der Waals surface area contributed by atoms with Gasteiger partial charge in [-0.05, 0) is 12.8 Å². The van der Waals surface area contributed by atoms with Gasteiger partial charge in [0, 0.05) is 69.9 Å². The molecule has 3 rings (SSSR count). The van der Waals surface area contributed by atoms with Gasteiger partial charge in [-0.2, -0.15) is 0 Å². The average molecular weight is 349 g/mol. The summed E-state index contributed by atoms with van der Waals surface area (Å²) in [7, 11) is 1.55. The summed E-state index contributed by atoms with van der Waals surface area (Å²) in [5.41, 5.74) is 6.67. The Labute approximate surface area is 148 Å². The molecule has 1 atom stereocenters. The molecule has 2 aliphatic rings. The van der Waals surface area contributed by atoms with Crippen LogP contribution in [0.1, 0.15) is 18.4 Å². The van der Waals surface area contributed by atoms with E-state index in [1.807, 2.05) is 0 Å². The van der Waals surface area contributed by atoms with E-state index in [9.17, 15) is 4.79 Å². The van der Waals surface area contributed by atoms with Gasteiger partial charge in [0.2, 0.25) is 5.91 Å². The summed E-state index contributed by atoms with van der Waals surface area (Å²) in [6.45, 7) is 5.54. The maximum atomic E-state index is 11.9. The van der Waals surface area contributed by atoms with Crippen LogP contribution in [-0.4, -0.2) is 78.2 Å². The molecule has 8 heteroatoms. The summed E-state index contributed by atoms with van der Waals surface area (Å²) in [6.07, 6.45) is 5.59. The van der Waals surface area contributed by atoms with Crippen molar-refractivity contribution in [2.75, 3.05) is 46.5 Å². The number of methoxy groups -OCH3 is 1. The molecule has 1 amide bonds. The summed E-state index contributed by atoms with van der Waals surface area (Å²) in [4.78, 5) is 24.9. The molecule has 1 aromatic rings. The average Bonchev–Trinajstić information content (AvgIpc) is 2.86. The minimum Gasteiger partial charge on any atom is -0.467 e. The molecular formula is C17H27N5O3. The number of primary amides is 1. The predicted molar refractivity (Wildman–Crippen MR) is 92.0 cm³/mol. The molecule has 0 bridgehead atoms. The fourth-order valence-electron chi connectivity index (χ4n) is 3.60. The number of ether oxygens (including phenoxy) is 2. The van der Waals surface area contributed by atoms with Crippen molar-refractivity contribution in [3.05, 3.63) is 18.0 Å². The molecule has 2 fully saturated rings. The number of aromatic nitrogens is 2. The van der Waals surface area contributed by atoms with Crippen LogP contribution in [0.25, 0.3) is 0 Å². The SMILES string of the molecule is COc1ncc(CN2CCN(C3CCOCC3)CC(C(N)=O)C2)cn1. The Bertz CT molecular complexity index is 562. The molecule has 0 spiro atoms. The zero-order valence-corrected chi connectivity index (χ0v) is 14.8. The van der Waals surface area contributed by atoms with Gasteiger partial charge in [-0.15, -0.1) is 0 Å². The zero-order chi connectivity index (χ0) is 17.6. The van der Waals surface area contributed by atoms with Crippen LogP contribution in [0.5, 0.6) is 6.01 Å². The van der Waals surface area contributed by atoms with Crippen molar-refractivity contribution in [3.8, 4) is 6.01 Å². The first kappa shape index (κ1) is 18.0. The molecule has 8 nitrogen and oxygen atoms in total. The molecule has 3 heterocycles. The lowest BCUT2D eigenvalue weighted by Crippen LogP contribution is -2.44. The molecule has 0 aliphatic carbocycles. The van der Waals surface area contributed by atoms with Crippen molar-refractivity contribution < 1.29 is 14.3 Å². The molecule has 2 aliphatic heterocycles. The zero-order valence-electron chi connectivity index (χ0n) is 14.8. The summed E-state index contributed by atoms with van der Waals surface area (Å²) < 4.78 is 10.5. The van der Waals surface area contributed by atoms with Gasteiger partial charge < -0.3 is 15.2 Å². The second kappa shape index (κ2) is 8.55. The second-order valence-electron chi connectivity index (χ2n) is 6.75. The van der Waals surface area contributed by atoms with Crippen LogP contribution >= 0.6 is 0 Å². The van der Waals surface area contributed by atoms with E-state index in [4.69, 9.17) is 15.2 Å². The lowest BCUT2D eigenvalue weighted by molar-refractivity contribution is -0.122. The lowest BCUT2D eigenvalue weighted by atomic mass is 10.0. The van der Waals surface area contributed by atoms with Crippen LogP contribution in [0, 0.1) is 5.92 Å². The first-order valence-corrected chi connectivity index (χ1v) is 8.84. The van der Waals surface area contributed by atoms with Crippen molar-refractivity contribution in [2.45, 2.75) is 25.4 Å². The number of amides is 1. The van der Waals surface area contributed by atoms with E-state index in [0.717, 1.165) is 51.3 Å². The molecule has 1 unspecified atom stereocenters. The van der Waals surface area contributed by atoms with E-state index in [1.165, 1.54) is 0 Å². The molecule has 25 heavy (non-hydrogen) atoms. The van der Waals surface area contributed by atoms with Crippen LogP contribution in [-0.2, 0) is 16.1 Å². The maximum Gasteiger partial charge on any atom is 0.316 e. The Morgan fingerprint density at radius 2 is 2.00 bits per heavy atom. The molecule has 0 radical (unpaired) electrons. The first-order chi connectivity index (χ1) is 12.2. The largest absolute Gasteiger partial charge is 0.467 e. The highest BCUT2D eigenvalue weighted by molar-refractivity contribution is 5.77. The lowest BCUT2D eigenvalue weighted by Gasteiger charge is -2.34. The first-order valence-electron chi connectivity index (χ1n) is 8.84. The van der Waals surface area contributed by atoms with Gasteiger partial charge >= 0.3 is 6.01 Å². The minimum atomic E-state index is -0.227. The van der Waals surface area contributed by atoms with Crippen molar-refractivity contribution in [1.82, 2.24) is 19.8 Å². The third-order valence-electron chi connectivity index (χ3n) is 5.02. The fourth-order valence-corrected chi connectivity index (χ4v) is 3.60. The molecule has 2 N–H and O–H groups in total. The summed E-state index contributed by atoms with van der Waals surface area (Å²) in [5.74, 6) is -0.389.